The minimum Gasteiger partial charge on any atom is -0.508 e. The van der Waals surface area contributed by atoms with Gasteiger partial charge in [-0.25, -0.2) is 15.0 Å². The zero-order chi connectivity index (χ0) is 15.5. The Balaban J connectivity index is 1.88. The number of aromatic nitrogens is 3. The number of phenolic OH excluding ortho intramolecular Hbond substituents is 1. The van der Waals surface area contributed by atoms with Crippen molar-refractivity contribution in [3.05, 3.63) is 42.2 Å². The molecule has 0 saturated heterocycles. The second kappa shape index (κ2) is 5.98. The van der Waals surface area contributed by atoms with E-state index in [1.54, 1.807) is 41.8 Å². The number of benzene rings is 1. The molecule has 7 heteroatoms. The summed E-state index contributed by atoms with van der Waals surface area (Å²) in [7, 11) is 1.85. The van der Waals surface area contributed by atoms with E-state index in [9.17, 15) is 5.11 Å². The largest absolute Gasteiger partial charge is 0.508 e. The number of anilines is 3. The van der Waals surface area contributed by atoms with Crippen LogP contribution < -0.4 is 10.6 Å². The number of rotatable bonds is 4. The van der Waals surface area contributed by atoms with E-state index in [0.29, 0.717) is 5.95 Å². The van der Waals surface area contributed by atoms with Crippen LogP contribution in [0.25, 0.3) is 10.6 Å². The Labute approximate surface area is 131 Å². The summed E-state index contributed by atoms with van der Waals surface area (Å²) < 4.78 is 0. The van der Waals surface area contributed by atoms with Crippen LogP contribution >= 0.6 is 11.3 Å². The highest BCUT2D eigenvalue weighted by Crippen LogP contribution is 2.31. The molecular weight excluding hydrogens is 298 g/mol. The van der Waals surface area contributed by atoms with Crippen molar-refractivity contribution in [2.45, 2.75) is 6.92 Å². The van der Waals surface area contributed by atoms with Crippen LogP contribution in [0.3, 0.4) is 0 Å². The van der Waals surface area contributed by atoms with Crippen LogP contribution in [0, 0.1) is 6.92 Å². The SMILES string of the molecule is CNc1nc(C)c(-c2ccnc(Nc3ccc(O)cc3)n2)s1. The van der Waals surface area contributed by atoms with Crippen LogP contribution in [0.15, 0.2) is 36.5 Å². The number of phenols is 1. The third-order valence-corrected chi connectivity index (χ3v) is 4.22. The highest BCUT2D eigenvalue weighted by atomic mass is 32.1. The van der Waals surface area contributed by atoms with Crippen molar-refractivity contribution in [1.29, 1.82) is 0 Å². The van der Waals surface area contributed by atoms with Crippen LogP contribution in [0.4, 0.5) is 16.8 Å². The molecule has 0 radical (unpaired) electrons. The molecule has 0 amide bonds. The first-order chi connectivity index (χ1) is 10.7. The lowest BCUT2D eigenvalue weighted by molar-refractivity contribution is 0.475. The van der Waals surface area contributed by atoms with Gasteiger partial charge in [-0.2, -0.15) is 0 Å². The Hall–Kier alpha value is -2.67. The number of hydrogen-bond acceptors (Lipinski definition) is 7. The first kappa shape index (κ1) is 14.3. The minimum atomic E-state index is 0.222. The molecule has 2 heterocycles. The van der Waals surface area contributed by atoms with Gasteiger partial charge >= 0.3 is 0 Å². The van der Waals surface area contributed by atoms with Gasteiger partial charge in [0.2, 0.25) is 5.95 Å². The molecule has 0 atom stereocenters. The standard InChI is InChI=1S/C15H15N5OS/c1-9-13(22-15(16-2)18-9)12-7-8-17-14(20-12)19-10-3-5-11(21)6-4-10/h3-8,21H,1-2H3,(H,16,18)(H,17,19,20). The molecule has 1 aromatic carbocycles. The summed E-state index contributed by atoms with van der Waals surface area (Å²) in [6.07, 6.45) is 1.71. The average Bonchev–Trinajstić information content (AvgIpc) is 2.91. The Morgan fingerprint density at radius 1 is 1.09 bits per heavy atom. The molecule has 0 aliphatic heterocycles. The quantitative estimate of drug-likeness (QED) is 0.640. The van der Waals surface area contributed by atoms with Gasteiger partial charge in [-0.05, 0) is 37.3 Å². The van der Waals surface area contributed by atoms with Crippen LogP contribution in [-0.4, -0.2) is 27.1 Å². The fraction of sp³-hybridized carbons (Fsp3) is 0.133. The molecule has 0 bridgehead atoms. The Morgan fingerprint density at radius 3 is 2.55 bits per heavy atom. The summed E-state index contributed by atoms with van der Waals surface area (Å²) >= 11 is 1.56. The molecule has 6 nitrogen and oxygen atoms in total. The van der Waals surface area contributed by atoms with E-state index in [1.807, 2.05) is 20.0 Å². The highest BCUT2D eigenvalue weighted by molar-refractivity contribution is 7.19. The minimum absolute atomic E-state index is 0.222. The normalized spacial score (nSPS) is 10.5. The van der Waals surface area contributed by atoms with Crippen molar-refractivity contribution >= 4 is 28.1 Å². The molecule has 0 spiro atoms. The number of aryl methyl sites for hydroxylation is 1. The average molecular weight is 313 g/mol. The fourth-order valence-corrected chi connectivity index (χ4v) is 2.85. The third kappa shape index (κ3) is 2.99. The summed E-state index contributed by atoms with van der Waals surface area (Å²) in [5, 5.41) is 16.3. The van der Waals surface area contributed by atoms with Crippen molar-refractivity contribution in [1.82, 2.24) is 15.0 Å². The van der Waals surface area contributed by atoms with E-state index in [2.05, 4.69) is 25.6 Å². The summed E-state index contributed by atoms with van der Waals surface area (Å²) in [5.41, 5.74) is 2.57. The Bertz CT molecular complexity index is 785. The maximum Gasteiger partial charge on any atom is 0.227 e. The van der Waals surface area contributed by atoms with Gasteiger partial charge in [-0.1, -0.05) is 11.3 Å². The number of nitrogens with zero attached hydrogens (tertiary/aromatic N) is 3. The molecule has 0 fully saturated rings. The van der Waals surface area contributed by atoms with E-state index >= 15 is 0 Å². The predicted molar refractivity (Wildman–Crippen MR) is 88.8 cm³/mol. The lowest BCUT2D eigenvalue weighted by atomic mass is 10.3. The van der Waals surface area contributed by atoms with E-state index in [4.69, 9.17) is 0 Å². The summed E-state index contributed by atoms with van der Waals surface area (Å²) in [6.45, 7) is 1.96. The summed E-state index contributed by atoms with van der Waals surface area (Å²) in [5.74, 6) is 0.724. The molecule has 3 rings (SSSR count). The first-order valence-electron chi connectivity index (χ1n) is 6.70. The van der Waals surface area contributed by atoms with Crippen LogP contribution in [0.2, 0.25) is 0 Å². The Morgan fingerprint density at radius 2 is 1.86 bits per heavy atom. The number of nitrogens with one attached hydrogen (secondary N) is 2. The van der Waals surface area contributed by atoms with Crippen LogP contribution in [0.1, 0.15) is 5.69 Å². The van der Waals surface area contributed by atoms with Gasteiger partial charge < -0.3 is 15.7 Å². The fourth-order valence-electron chi connectivity index (χ4n) is 1.96. The maximum absolute atomic E-state index is 9.30. The van der Waals surface area contributed by atoms with Gasteiger partial charge in [0.1, 0.15) is 5.75 Å². The first-order valence-corrected chi connectivity index (χ1v) is 7.52. The van der Waals surface area contributed by atoms with Gasteiger partial charge in [0.15, 0.2) is 5.13 Å². The third-order valence-electron chi connectivity index (χ3n) is 3.02. The van der Waals surface area contributed by atoms with E-state index < -0.39 is 0 Å². The molecule has 0 aliphatic rings. The van der Waals surface area contributed by atoms with Gasteiger partial charge in [0.25, 0.3) is 0 Å². The van der Waals surface area contributed by atoms with Crippen LogP contribution in [-0.2, 0) is 0 Å². The number of hydrogen-bond donors (Lipinski definition) is 3. The molecule has 2 aromatic heterocycles. The highest BCUT2D eigenvalue weighted by Gasteiger charge is 2.11. The second-order valence-electron chi connectivity index (χ2n) is 4.62. The zero-order valence-corrected chi connectivity index (χ0v) is 13.0. The molecule has 22 heavy (non-hydrogen) atoms. The number of aromatic hydroxyl groups is 1. The van der Waals surface area contributed by atoms with Gasteiger partial charge in [0, 0.05) is 18.9 Å². The van der Waals surface area contributed by atoms with Crippen molar-refractivity contribution in [2.75, 3.05) is 17.7 Å². The van der Waals surface area contributed by atoms with Crippen LogP contribution in [0.5, 0.6) is 5.75 Å². The summed E-state index contributed by atoms with van der Waals surface area (Å²) in [4.78, 5) is 14.2. The van der Waals surface area contributed by atoms with Crippen molar-refractivity contribution < 1.29 is 5.11 Å². The predicted octanol–water partition coefficient (Wildman–Crippen LogP) is 3.40. The van der Waals surface area contributed by atoms with Gasteiger partial charge in [0.05, 0.1) is 16.3 Å². The molecule has 0 saturated carbocycles. The maximum atomic E-state index is 9.30. The van der Waals surface area contributed by atoms with E-state index in [1.165, 1.54) is 0 Å². The van der Waals surface area contributed by atoms with Crippen molar-refractivity contribution in [3.63, 3.8) is 0 Å². The molecular formula is C15H15N5OS. The van der Waals surface area contributed by atoms with Crippen molar-refractivity contribution in [2.24, 2.45) is 0 Å². The van der Waals surface area contributed by atoms with Crippen molar-refractivity contribution in [3.8, 4) is 16.3 Å². The van der Waals surface area contributed by atoms with E-state index in [-0.39, 0.29) is 5.75 Å². The molecule has 0 unspecified atom stereocenters. The lowest BCUT2D eigenvalue weighted by Crippen LogP contribution is -1.97. The molecule has 112 valence electrons. The summed E-state index contributed by atoms with van der Waals surface area (Å²) in [6, 6.07) is 8.62. The molecule has 3 aromatic rings. The second-order valence-corrected chi connectivity index (χ2v) is 5.62. The topological polar surface area (TPSA) is 83.0 Å². The molecule has 3 N–H and O–H groups in total. The van der Waals surface area contributed by atoms with Gasteiger partial charge in [-0.3, -0.25) is 0 Å². The monoisotopic (exact) mass is 313 g/mol. The number of thiazole rings is 1. The lowest BCUT2D eigenvalue weighted by Gasteiger charge is -2.06. The zero-order valence-electron chi connectivity index (χ0n) is 12.2. The molecule has 0 aliphatic carbocycles. The Kier molecular flexibility index (Phi) is 3.88. The van der Waals surface area contributed by atoms with Gasteiger partial charge in [-0.15, -0.1) is 0 Å². The van der Waals surface area contributed by atoms with E-state index in [0.717, 1.165) is 27.1 Å². The smallest absolute Gasteiger partial charge is 0.227 e.